The first-order valence-corrected chi connectivity index (χ1v) is 8.44. The van der Waals surface area contributed by atoms with Gasteiger partial charge >= 0.3 is 0 Å². The lowest BCUT2D eigenvalue weighted by Gasteiger charge is -2.10. The van der Waals surface area contributed by atoms with Gasteiger partial charge < -0.3 is 14.8 Å². The number of anilines is 1. The number of carbonyl (C=O) groups is 1. The van der Waals surface area contributed by atoms with E-state index in [4.69, 9.17) is 9.47 Å². The largest absolute Gasteiger partial charge is 0.454 e. The van der Waals surface area contributed by atoms with E-state index in [0.717, 1.165) is 15.8 Å². The number of hydrogen-bond donors (Lipinski definition) is 1. The standard InChI is InChI=1S/C20H17N3O4/c1-13-4-2-3-5-15(13)16-7-9-20(25)23(22-16)11-19(24)21-14-6-8-17-18(10-14)27-12-26-17/h2-10H,11-12H2,1H3,(H,21,24). The van der Waals surface area contributed by atoms with Crippen LogP contribution in [0.15, 0.2) is 59.4 Å². The van der Waals surface area contributed by atoms with Crippen molar-refractivity contribution in [3.63, 3.8) is 0 Å². The van der Waals surface area contributed by atoms with Gasteiger partial charge in [-0.2, -0.15) is 5.10 Å². The van der Waals surface area contributed by atoms with Gasteiger partial charge in [0.25, 0.3) is 5.56 Å². The maximum atomic E-state index is 12.4. The Hall–Kier alpha value is -3.61. The van der Waals surface area contributed by atoms with Crippen LogP contribution in [0.25, 0.3) is 11.3 Å². The average Bonchev–Trinajstić information content (AvgIpc) is 3.12. The summed E-state index contributed by atoms with van der Waals surface area (Å²) in [5, 5.41) is 7.09. The van der Waals surface area contributed by atoms with E-state index >= 15 is 0 Å². The van der Waals surface area contributed by atoms with Crippen LogP contribution in [0, 0.1) is 6.92 Å². The summed E-state index contributed by atoms with van der Waals surface area (Å²) in [5.41, 5.74) is 2.83. The van der Waals surface area contributed by atoms with Crippen molar-refractivity contribution in [2.45, 2.75) is 13.5 Å². The van der Waals surface area contributed by atoms with Crippen LogP contribution in [0.3, 0.4) is 0 Å². The minimum absolute atomic E-state index is 0.164. The van der Waals surface area contributed by atoms with Gasteiger partial charge in [-0.05, 0) is 30.7 Å². The Kier molecular flexibility index (Phi) is 4.33. The number of fused-ring (bicyclic) bond motifs is 1. The summed E-state index contributed by atoms with van der Waals surface area (Å²) in [6.45, 7) is 1.95. The monoisotopic (exact) mass is 363 g/mol. The number of benzene rings is 2. The zero-order valence-electron chi connectivity index (χ0n) is 14.6. The maximum absolute atomic E-state index is 12.4. The van der Waals surface area contributed by atoms with Gasteiger partial charge in [-0.3, -0.25) is 9.59 Å². The Morgan fingerprint density at radius 3 is 2.78 bits per heavy atom. The van der Waals surface area contributed by atoms with Crippen LogP contribution in [-0.4, -0.2) is 22.5 Å². The van der Waals surface area contributed by atoms with E-state index in [-0.39, 0.29) is 24.8 Å². The second-order valence-corrected chi connectivity index (χ2v) is 6.15. The summed E-state index contributed by atoms with van der Waals surface area (Å²) in [6, 6.07) is 15.9. The minimum atomic E-state index is -0.356. The molecule has 0 fully saturated rings. The summed E-state index contributed by atoms with van der Waals surface area (Å²) in [5.74, 6) is 0.854. The first-order chi connectivity index (χ1) is 13.1. The normalized spacial score (nSPS) is 12.0. The third-order valence-electron chi connectivity index (χ3n) is 4.24. The molecule has 1 N–H and O–H groups in total. The highest BCUT2D eigenvalue weighted by Crippen LogP contribution is 2.34. The number of rotatable bonds is 4. The molecule has 0 saturated heterocycles. The first-order valence-electron chi connectivity index (χ1n) is 8.44. The highest BCUT2D eigenvalue weighted by molar-refractivity contribution is 5.90. The molecule has 0 radical (unpaired) electrons. The number of amides is 1. The van der Waals surface area contributed by atoms with Crippen LogP contribution in [-0.2, 0) is 11.3 Å². The molecule has 136 valence electrons. The van der Waals surface area contributed by atoms with Crippen molar-refractivity contribution in [3.8, 4) is 22.8 Å². The predicted molar refractivity (Wildman–Crippen MR) is 99.9 cm³/mol. The molecule has 1 aliphatic heterocycles. The molecule has 0 spiro atoms. The highest BCUT2D eigenvalue weighted by atomic mass is 16.7. The fourth-order valence-corrected chi connectivity index (χ4v) is 2.88. The lowest BCUT2D eigenvalue weighted by molar-refractivity contribution is -0.117. The van der Waals surface area contributed by atoms with Crippen molar-refractivity contribution in [3.05, 3.63) is 70.5 Å². The lowest BCUT2D eigenvalue weighted by atomic mass is 10.1. The molecule has 1 amide bonds. The van der Waals surface area contributed by atoms with Crippen molar-refractivity contribution < 1.29 is 14.3 Å². The minimum Gasteiger partial charge on any atom is -0.454 e. The van der Waals surface area contributed by atoms with Crippen molar-refractivity contribution in [1.29, 1.82) is 0 Å². The number of hydrogen-bond acceptors (Lipinski definition) is 5. The summed E-state index contributed by atoms with van der Waals surface area (Å²) in [4.78, 5) is 24.5. The smallest absolute Gasteiger partial charge is 0.267 e. The predicted octanol–water partition coefficient (Wildman–Crippen LogP) is 2.59. The molecule has 4 rings (SSSR count). The summed E-state index contributed by atoms with van der Waals surface area (Å²) in [6.07, 6.45) is 0. The lowest BCUT2D eigenvalue weighted by Crippen LogP contribution is -2.29. The van der Waals surface area contributed by atoms with E-state index in [1.165, 1.54) is 6.07 Å². The van der Waals surface area contributed by atoms with Crippen molar-refractivity contribution in [1.82, 2.24) is 9.78 Å². The molecule has 7 nitrogen and oxygen atoms in total. The van der Waals surface area contributed by atoms with Gasteiger partial charge in [0.1, 0.15) is 6.54 Å². The third-order valence-corrected chi connectivity index (χ3v) is 4.24. The molecule has 1 aliphatic rings. The number of nitrogens with one attached hydrogen (secondary N) is 1. The molecule has 0 bridgehead atoms. The molecule has 2 heterocycles. The molecule has 0 aliphatic carbocycles. The number of aryl methyl sites for hydroxylation is 1. The van der Waals surface area contributed by atoms with Gasteiger partial charge in [0, 0.05) is 23.4 Å². The van der Waals surface area contributed by atoms with Crippen LogP contribution < -0.4 is 20.3 Å². The van der Waals surface area contributed by atoms with Gasteiger partial charge in [0.05, 0.1) is 5.69 Å². The molecule has 0 unspecified atom stereocenters. The Morgan fingerprint density at radius 2 is 1.93 bits per heavy atom. The fraction of sp³-hybridized carbons (Fsp3) is 0.150. The number of nitrogens with zero attached hydrogens (tertiary/aromatic N) is 2. The quantitative estimate of drug-likeness (QED) is 0.770. The van der Waals surface area contributed by atoms with E-state index in [2.05, 4.69) is 10.4 Å². The van der Waals surface area contributed by atoms with Crippen LogP contribution in [0.4, 0.5) is 5.69 Å². The third kappa shape index (κ3) is 3.52. The molecule has 7 heteroatoms. The van der Waals surface area contributed by atoms with Crippen LogP contribution in [0.5, 0.6) is 11.5 Å². The Labute approximate surface area is 155 Å². The van der Waals surface area contributed by atoms with E-state index in [1.807, 2.05) is 31.2 Å². The van der Waals surface area contributed by atoms with E-state index in [0.29, 0.717) is 22.9 Å². The van der Waals surface area contributed by atoms with E-state index in [9.17, 15) is 9.59 Å². The van der Waals surface area contributed by atoms with Crippen molar-refractivity contribution >= 4 is 11.6 Å². The molecular formula is C20H17N3O4. The first kappa shape index (κ1) is 16.8. The molecule has 1 aromatic heterocycles. The molecule has 3 aromatic rings. The van der Waals surface area contributed by atoms with Crippen molar-refractivity contribution in [2.24, 2.45) is 0 Å². The van der Waals surface area contributed by atoms with Crippen LogP contribution in [0.1, 0.15) is 5.56 Å². The summed E-state index contributed by atoms with van der Waals surface area (Å²) < 4.78 is 11.7. The van der Waals surface area contributed by atoms with Gasteiger partial charge in [0.2, 0.25) is 12.7 Å². The Bertz CT molecular complexity index is 1070. The van der Waals surface area contributed by atoms with E-state index < -0.39 is 0 Å². The number of carbonyl (C=O) groups excluding carboxylic acids is 1. The number of aromatic nitrogens is 2. The molecular weight excluding hydrogens is 346 g/mol. The van der Waals surface area contributed by atoms with Crippen LogP contribution in [0.2, 0.25) is 0 Å². The zero-order valence-corrected chi connectivity index (χ0v) is 14.6. The van der Waals surface area contributed by atoms with Gasteiger partial charge in [-0.25, -0.2) is 4.68 Å². The van der Waals surface area contributed by atoms with E-state index in [1.54, 1.807) is 24.3 Å². The average molecular weight is 363 g/mol. The second kappa shape index (κ2) is 6.95. The van der Waals surface area contributed by atoms with Crippen LogP contribution >= 0.6 is 0 Å². The van der Waals surface area contributed by atoms with Gasteiger partial charge in [0.15, 0.2) is 11.5 Å². The highest BCUT2D eigenvalue weighted by Gasteiger charge is 2.15. The molecule has 0 atom stereocenters. The Morgan fingerprint density at radius 1 is 1.11 bits per heavy atom. The maximum Gasteiger partial charge on any atom is 0.267 e. The summed E-state index contributed by atoms with van der Waals surface area (Å²) in [7, 11) is 0. The molecule has 0 saturated carbocycles. The molecule has 27 heavy (non-hydrogen) atoms. The zero-order chi connectivity index (χ0) is 18.8. The topological polar surface area (TPSA) is 82.5 Å². The number of ether oxygens (including phenoxy) is 2. The second-order valence-electron chi connectivity index (χ2n) is 6.15. The fourth-order valence-electron chi connectivity index (χ4n) is 2.88. The summed E-state index contributed by atoms with van der Waals surface area (Å²) >= 11 is 0. The van der Waals surface area contributed by atoms with Gasteiger partial charge in [-0.1, -0.05) is 24.3 Å². The molecule has 2 aromatic carbocycles. The van der Waals surface area contributed by atoms with Gasteiger partial charge in [-0.15, -0.1) is 0 Å². The van der Waals surface area contributed by atoms with Crippen molar-refractivity contribution in [2.75, 3.05) is 12.1 Å². The SMILES string of the molecule is Cc1ccccc1-c1ccc(=O)n(CC(=O)Nc2ccc3c(c2)OCO3)n1. The Balaban J connectivity index is 1.53.